The Morgan fingerprint density at radius 1 is 1.25 bits per heavy atom. The fourth-order valence-corrected chi connectivity index (χ4v) is 4.00. The minimum Gasteiger partial charge on any atom is -0.335 e. The molecule has 1 aliphatic rings. The van der Waals surface area contributed by atoms with Gasteiger partial charge >= 0.3 is 0 Å². The van der Waals surface area contributed by atoms with Crippen molar-refractivity contribution in [3.63, 3.8) is 0 Å². The molecule has 1 saturated heterocycles. The summed E-state index contributed by atoms with van der Waals surface area (Å²) in [5.41, 5.74) is 9.51. The molecule has 1 fully saturated rings. The fourth-order valence-electron chi connectivity index (χ4n) is 3.50. The first-order valence-corrected chi connectivity index (χ1v) is 9.79. The molecule has 2 aromatic heterocycles. The van der Waals surface area contributed by atoms with Crippen LogP contribution in [0.2, 0.25) is 10.0 Å². The zero-order valence-electron chi connectivity index (χ0n) is 15.4. The molecule has 9 heteroatoms. The molecule has 1 aromatic carbocycles. The molecule has 0 aliphatic carbocycles. The predicted octanol–water partition coefficient (Wildman–Crippen LogP) is 2.52. The van der Waals surface area contributed by atoms with Gasteiger partial charge in [-0.05, 0) is 25.1 Å². The number of rotatable bonds is 3. The van der Waals surface area contributed by atoms with Crippen LogP contribution < -0.4 is 11.1 Å². The van der Waals surface area contributed by atoms with Gasteiger partial charge in [0.1, 0.15) is 5.69 Å². The van der Waals surface area contributed by atoms with Crippen LogP contribution in [0.25, 0.3) is 17.0 Å². The van der Waals surface area contributed by atoms with Crippen LogP contribution >= 0.6 is 23.2 Å². The first-order chi connectivity index (χ1) is 13.5. The number of imidazole rings is 1. The van der Waals surface area contributed by atoms with E-state index < -0.39 is 0 Å². The highest BCUT2D eigenvalue weighted by atomic mass is 35.5. The third kappa shape index (κ3) is 3.35. The third-order valence-corrected chi connectivity index (χ3v) is 5.48. The van der Waals surface area contributed by atoms with E-state index in [0.717, 1.165) is 35.6 Å². The number of piperazine rings is 1. The number of halogens is 2. The zero-order valence-corrected chi connectivity index (χ0v) is 16.9. The second-order valence-corrected chi connectivity index (χ2v) is 7.53. The number of carbonyl (C=O) groups excluding carboxylic acids is 1. The number of aryl methyl sites for hydroxylation is 1. The van der Waals surface area contributed by atoms with E-state index in [2.05, 4.69) is 15.3 Å². The van der Waals surface area contributed by atoms with Gasteiger partial charge < -0.3 is 16.0 Å². The van der Waals surface area contributed by atoms with Crippen molar-refractivity contribution >= 4 is 34.9 Å². The van der Waals surface area contributed by atoms with Crippen molar-refractivity contribution in [3.05, 3.63) is 51.4 Å². The second kappa shape index (κ2) is 7.67. The molecule has 146 valence electrons. The van der Waals surface area contributed by atoms with Crippen molar-refractivity contribution < 1.29 is 4.79 Å². The number of carbonyl (C=O) groups is 1. The molecule has 1 amide bonds. The maximum Gasteiger partial charge on any atom is 0.274 e. The molecule has 0 bridgehead atoms. The van der Waals surface area contributed by atoms with Crippen LogP contribution in [0.15, 0.2) is 24.4 Å². The van der Waals surface area contributed by atoms with Crippen molar-refractivity contribution in [1.29, 1.82) is 0 Å². The quantitative estimate of drug-likeness (QED) is 0.681. The average Bonchev–Trinajstić information content (AvgIpc) is 3.11. The Bertz CT molecular complexity index is 1060. The Kier molecular flexibility index (Phi) is 5.25. The maximum absolute atomic E-state index is 12.9. The van der Waals surface area contributed by atoms with Gasteiger partial charge in [0.15, 0.2) is 0 Å². The molecule has 0 atom stereocenters. The lowest BCUT2D eigenvalue weighted by Crippen LogP contribution is -2.46. The molecule has 3 heterocycles. The minimum atomic E-state index is -0.105. The number of amides is 1. The summed E-state index contributed by atoms with van der Waals surface area (Å²) < 4.78 is 1.79. The Morgan fingerprint density at radius 2 is 2.00 bits per heavy atom. The van der Waals surface area contributed by atoms with E-state index in [9.17, 15) is 4.79 Å². The van der Waals surface area contributed by atoms with Crippen LogP contribution in [0.4, 0.5) is 0 Å². The largest absolute Gasteiger partial charge is 0.335 e. The Hall–Kier alpha value is -2.19. The van der Waals surface area contributed by atoms with Gasteiger partial charge in [-0.1, -0.05) is 23.2 Å². The van der Waals surface area contributed by atoms with Crippen molar-refractivity contribution in [3.8, 4) is 11.3 Å². The first-order valence-electron chi connectivity index (χ1n) is 9.03. The van der Waals surface area contributed by atoms with Crippen molar-refractivity contribution in [2.75, 3.05) is 26.2 Å². The highest BCUT2D eigenvalue weighted by molar-refractivity contribution is 6.36. The van der Waals surface area contributed by atoms with Gasteiger partial charge in [0, 0.05) is 60.8 Å². The van der Waals surface area contributed by atoms with E-state index in [1.807, 2.05) is 13.0 Å². The van der Waals surface area contributed by atoms with Gasteiger partial charge in [0.25, 0.3) is 5.91 Å². The number of nitrogens with one attached hydrogen (secondary N) is 1. The predicted molar refractivity (Wildman–Crippen MR) is 110 cm³/mol. The van der Waals surface area contributed by atoms with Crippen LogP contribution in [0.3, 0.4) is 0 Å². The summed E-state index contributed by atoms with van der Waals surface area (Å²) in [7, 11) is 0. The van der Waals surface area contributed by atoms with Crippen molar-refractivity contribution in [1.82, 2.24) is 24.6 Å². The number of nitrogens with two attached hydrogens (primary N) is 1. The summed E-state index contributed by atoms with van der Waals surface area (Å²) in [5, 5.41) is 4.28. The third-order valence-electron chi connectivity index (χ3n) is 4.93. The summed E-state index contributed by atoms with van der Waals surface area (Å²) in [6.45, 7) is 5.02. The number of hydrogen-bond donors (Lipinski definition) is 2. The summed E-state index contributed by atoms with van der Waals surface area (Å²) in [4.78, 5) is 23.7. The lowest BCUT2D eigenvalue weighted by atomic mass is 10.0. The summed E-state index contributed by atoms with van der Waals surface area (Å²) in [6.07, 6.45) is 1.71. The molecule has 3 aromatic rings. The standard InChI is InChI=1S/C19H20Cl2N6O/c1-11-14(9-22)17(13-3-2-12(20)8-15(13)21)27-10-16(25-19(27)24-11)18(28)26-6-4-23-5-7-26/h2-3,8,10,23H,4-7,9,22H2,1H3. The molecular formula is C19H20Cl2N6O. The van der Waals surface area contributed by atoms with E-state index in [4.69, 9.17) is 28.9 Å². The van der Waals surface area contributed by atoms with E-state index in [1.54, 1.807) is 27.6 Å². The molecular weight excluding hydrogens is 399 g/mol. The van der Waals surface area contributed by atoms with Gasteiger partial charge in [-0.25, -0.2) is 9.97 Å². The lowest BCUT2D eigenvalue weighted by molar-refractivity contribution is 0.0730. The topological polar surface area (TPSA) is 88.5 Å². The first kappa shape index (κ1) is 19.1. The summed E-state index contributed by atoms with van der Waals surface area (Å²) in [6, 6.07) is 5.30. The molecule has 0 unspecified atom stereocenters. The van der Waals surface area contributed by atoms with Gasteiger partial charge in [-0.2, -0.15) is 0 Å². The minimum absolute atomic E-state index is 0.105. The molecule has 28 heavy (non-hydrogen) atoms. The molecule has 4 rings (SSSR count). The number of benzene rings is 1. The number of hydrogen-bond acceptors (Lipinski definition) is 5. The van der Waals surface area contributed by atoms with E-state index in [0.29, 0.717) is 34.6 Å². The van der Waals surface area contributed by atoms with Crippen LogP contribution in [0, 0.1) is 6.92 Å². The van der Waals surface area contributed by atoms with Crippen molar-refractivity contribution in [2.24, 2.45) is 5.73 Å². The molecule has 0 saturated carbocycles. The second-order valence-electron chi connectivity index (χ2n) is 6.69. The van der Waals surface area contributed by atoms with Crippen LogP contribution in [-0.2, 0) is 6.54 Å². The summed E-state index contributed by atoms with van der Waals surface area (Å²) in [5.74, 6) is 0.335. The molecule has 3 N–H and O–H groups in total. The lowest BCUT2D eigenvalue weighted by Gasteiger charge is -2.26. The van der Waals surface area contributed by atoms with Gasteiger partial charge in [0.05, 0.1) is 10.7 Å². The number of fused-ring (bicyclic) bond motifs is 1. The normalized spacial score (nSPS) is 14.6. The highest BCUT2D eigenvalue weighted by Crippen LogP contribution is 2.34. The van der Waals surface area contributed by atoms with Crippen molar-refractivity contribution in [2.45, 2.75) is 13.5 Å². The van der Waals surface area contributed by atoms with Crippen LogP contribution in [0.5, 0.6) is 0 Å². The molecule has 0 spiro atoms. The average molecular weight is 419 g/mol. The Morgan fingerprint density at radius 3 is 2.68 bits per heavy atom. The Balaban J connectivity index is 1.89. The number of aromatic nitrogens is 3. The van der Waals surface area contributed by atoms with Gasteiger partial charge in [0.2, 0.25) is 5.78 Å². The van der Waals surface area contributed by atoms with E-state index in [-0.39, 0.29) is 12.5 Å². The smallest absolute Gasteiger partial charge is 0.274 e. The van der Waals surface area contributed by atoms with Gasteiger partial charge in [-0.3, -0.25) is 9.20 Å². The van der Waals surface area contributed by atoms with E-state index >= 15 is 0 Å². The van der Waals surface area contributed by atoms with Crippen LogP contribution in [-0.4, -0.2) is 51.4 Å². The van der Waals surface area contributed by atoms with E-state index in [1.165, 1.54) is 0 Å². The van der Waals surface area contributed by atoms with Crippen LogP contribution in [0.1, 0.15) is 21.7 Å². The highest BCUT2D eigenvalue weighted by Gasteiger charge is 2.23. The monoisotopic (exact) mass is 418 g/mol. The molecule has 0 radical (unpaired) electrons. The molecule has 1 aliphatic heterocycles. The maximum atomic E-state index is 12.9. The fraction of sp³-hybridized carbons (Fsp3) is 0.316. The Labute approximate surface area is 172 Å². The summed E-state index contributed by atoms with van der Waals surface area (Å²) >= 11 is 12.5. The van der Waals surface area contributed by atoms with Gasteiger partial charge in [-0.15, -0.1) is 0 Å². The molecule has 7 nitrogen and oxygen atoms in total. The zero-order chi connectivity index (χ0) is 19.8. The SMILES string of the molecule is Cc1nc2nc(C(=O)N3CCNCC3)cn2c(-c2ccc(Cl)cc2Cl)c1CN. The number of nitrogens with zero attached hydrogens (tertiary/aromatic N) is 4.